The summed E-state index contributed by atoms with van der Waals surface area (Å²) in [6.45, 7) is 0. The Morgan fingerprint density at radius 3 is 1.96 bits per heavy atom. The van der Waals surface area contributed by atoms with Crippen LogP contribution < -0.4 is 0 Å². The zero-order chi connectivity index (χ0) is 17.3. The fourth-order valence-corrected chi connectivity index (χ4v) is 5.01. The summed E-state index contributed by atoms with van der Waals surface area (Å²) in [6, 6.07) is 16.6. The van der Waals surface area contributed by atoms with E-state index in [1.54, 1.807) is 34.0 Å². The highest BCUT2D eigenvalue weighted by Gasteiger charge is 2.13. The molecular weight excluding hydrogens is 380 g/mol. The molecule has 0 bridgehead atoms. The van der Waals surface area contributed by atoms with E-state index in [0.29, 0.717) is 11.8 Å². The van der Waals surface area contributed by atoms with Gasteiger partial charge in [0.25, 0.3) is 5.89 Å². The van der Waals surface area contributed by atoms with E-state index >= 15 is 0 Å². The number of thiophene rings is 3. The van der Waals surface area contributed by atoms with E-state index in [2.05, 4.69) is 62.0 Å². The van der Waals surface area contributed by atoms with Crippen molar-refractivity contribution < 1.29 is 4.42 Å². The summed E-state index contributed by atoms with van der Waals surface area (Å²) < 4.78 is 5.91. The summed E-state index contributed by atoms with van der Waals surface area (Å²) in [5.41, 5.74) is 4.58. The number of hydrogen-bond donors (Lipinski definition) is 0. The van der Waals surface area contributed by atoms with Crippen LogP contribution in [0.2, 0.25) is 0 Å². The molecule has 0 radical (unpaired) electrons. The van der Waals surface area contributed by atoms with Gasteiger partial charge in [0, 0.05) is 16.0 Å². The minimum absolute atomic E-state index is 0.544. The fraction of sp³-hybridized carbons (Fsp3) is 0. The van der Waals surface area contributed by atoms with Crippen LogP contribution in [0.3, 0.4) is 0 Å². The molecule has 0 spiro atoms. The van der Waals surface area contributed by atoms with E-state index < -0.39 is 0 Å². The predicted octanol–water partition coefficient (Wildman–Crippen LogP) is 6.92. The Bertz CT molecular complexity index is 1120. The van der Waals surface area contributed by atoms with Crippen LogP contribution >= 0.6 is 34.0 Å². The van der Waals surface area contributed by atoms with Gasteiger partial charge < -0.3 is 4.42 Å². The average Bonchev–Trinajstić information content (AvgIpc) is 3.49. The lowest BCUT2D eigenvalue weighted by Gasteiger charge is -1.99. The largest absolute Gasteiger partial charge is 0.415 e. The van der Waals surface area contributed by atoms with Crippen molar-refractivity contribution in [1.82, 2.24) is 10.2 Å². The van der Waals surface area contributed by atoms with Crippen LogP contribution in [-0.2, 0) is 0 Å². The third kappa shape index (κ3) is 2.92. The molecule has 1 aromatic carbocycles. The normalized spacial score (nSPS) is 11.1. The van der Waals surface area contributed by atoms with E-state index in [9.17, 15) is 0 Å². The molecule has 0 fully saturated rings. The molecule has 0 unspecified atom stereocenters. The van der Waals surface area contributed by atoms with Gasteiger partial charge in [-0.3, -0.25) is 0 Å². The number of nitrogens with zero attached hydrogens (tertiary/aromatic N) is 2. The van der Waals surface area contributed by atoms with Crippen LogP contribution in [-0.4, -0.2) is 10.2 Å². The zero-order valence-corrected chi connectivity index (χ0v) is 15.9. The SMILES string of the molecule is c1cc(-c2ccc(-c3nnc(-c4ccc(-c5ccsc5)s4)o3)cc2)cs1. The van der Waals surface area contributed by atoms with Gasteiger partial charge in [-0.15, -0.1) is 21.5 Å². The lowest BCUT2D eigenvalue weighted by Crippen LogP contribution is -1.79. The fourth-order valence-electron chi connectivity index (χ4n) is 2.69. The standard InChI is InChI=1S/C20H12N2OS3/c1-3-14(4-2-13(1)15-7-9-24-11-15)19-21-22-20(23-19)18-6-5-17(26-18)16-8-10-25-12-16/h1-12H. The van der Waals surface area contributed by atoms with Crippen molar-refractivity contribution >= 4 is 34.0 Å². The molecule has 0 saturated carbocycles. The molecule has 3 nitrogen and oxygen atoms in total. The third-order valence-corrected chi connectivity index (χ3v) is 6.52. The second kappa shape index (κ2) is 6.64. The number of aromatic nitrogens is 2. The van der Waals surface area contributed by atoms with Gasteiger partial charge in [0.2, 0.25) is 5.89 Å². The Morgan fingerprint density at radius 2 is 1.23 bits per heavy atom. The molecule has 0 aliphatic carbocycles. The quantitative estimate of drug-likeness (QED) is 0.333. The number of benzene rings is 1. The first-order valence-electron chi connectivity index (χ1n) is 7.96. The smallest absolute Gasteiger partial charge is 0.258 e. The minimum atomic E-state index is 0.544. The van der Waals surface area contributed by atoms with Gasteiger partial charge in [0.1, 0.15) is 0 Å². The van der Waals surface area contributed by atoms with Crippen molar-refractivity contribution in [1.29, 1.82) is 0 Å². The van der Waals surface area contributed by atoms with Crippen molar-refractivity contribution in [2.24, 2.45) is 0 Å². The Morgan fingerprint density at radius 1 is 0.577 bits per heavy atom. The molecule has 6 heteroatoms. The summed E-state index contributed by atoms with van der Waals surface area (Å²) in [5, 5.41) is 16.9. The van der Waals surface area contributed by atoms with Crippen LogP contribution in [0.15, 0.2) is 74.5 Å². The Labute approximate surface area is 162 Å². The van der Waals surface area contributed by atoms with Crippen LogP contribution in [0.4, 0.5) is 0 Å². The van der Waals surface area contributed by atoms with E-state index in [4.69, 9.17) is 4.42 Å². The molecule has 26 heavy (non-hydrogen) atoms. The van der Waals surface area contributed by atoms with Gasteiger partial charge in [0.05, 0.1) is 4.88 Å². The molecule has 0 aliphatic rings. The Hall–Kier alpha value is -2.54. The first-order valence-corrected chi connectivity index (χ1v) is 10.7. The Kier molecular flexibility index (Phi) is 4.01. The maximum absolute atomic E-state index is 5.91. The predicted molar refractivity (Wildman–Crippen MR) is 110 cm³/mol. The maximum atomic E-state index is 5.91. The lowest BCUT2D eigenvalue weighted by atomic mass is 10.1. The lowest BCUT2D eigenvalue weighted by molar-refractivity contribution is 0.586. The van der Waals surface area contributed by atoms with E-state index in [0.717, 1.165) is 10.4 Å². The summed E-state index contributed by atoms with van der Waals surface area (Å²) >= 11 is 5.06. The number of rotatable bonds is 4. The van der Waals surface area contributed by atoms with Gasteiger partial charge in [-0.1, -0.05) is 12.1 Å². The summed E-state index contributed by atoms with van der Waals surface area (Å²) in [6.07, 6.45) is 0. The van der Waals surface area contributed by atoms with Gasteiger partial charge in [-0.25, -0.2) is 0 Å². The van der Waals surface area contributed by atoms with E-state index in [-0.39, 0.29) is 0 Å². The molecule has 0 amide bonds. The van der Waals surface area contributed by atoms with Crippen LogP contribution in [0, 0.1) is 0 Å². The monoisotopic (exact) mass is 392 g/mol. The molecule has 4 heterocycles. The topological polar surface area (TPSA) is 38.9 Å². The van der Waals surface area contributed by atoms with Crippen molar-refractivity contribution in [3.63, 3.8) is 0 Å². The van der Waals surface area contributed by atoms with Crippen molar-refractivity contribution in [3.05, 3.63) is 70.1 Å². The molecular formula is C20H12N2OS3. The van der Waals surface area contributed by atoms with E-state index in [1.807, 2.05) is 18.2 Å². The molecule has 0 saturated heterocycles. The maximum Gasteiger partial charge on any atom is 0.258 e. The van der Waals surface area contributed by atoms with Crippen molar-refractivity contribution in [2.75, 3.05) is 0 Å². The molecule has 126 valence electrons. The third-order valence-electron chi connectivity index (χ3n) is 4.03. The highest BCUT2D eigenvalue weighted by Crippen LogP contribution is 2.35. The average molecular weight is 393 g/mol. The van der Waals surface area contributed by atoms with E-state index in [1.165, 1.54) is 21.6 Å². The number of hydrogen-bond acceptors (Lipinski definition) is 6. The van der Waals surface area contributed by atoms with Gasteiger partial charge in [-0.05, 0) is 69.0 Å². The molecule has 0 N–H and O–H groups in total. The van der Waals surface area contributed by atoms with Crippen LogP contribution in [0.25, 0.3) is 43.8 Å². The van der Waals surface area contributed by atoms with Crippen LogP contribution in [0.1, 0.15) is 0 Å². The summed E-state index contributed by atoms with van der Waals surface area (Å²) in [5.74, 6) is 1.11. The molecule has 0 aliphatic heterocycles. The Balaban J connectivity index is 1.42. The van der Waals surface area contributed by atoms with Gasteiger partial charge >= 0.3 is 0 Å². The molecule has 5 rings (SSSR count). The molecule has 5 aromatic rings. The summed E-state index contributed by atoms with van der Waals surface area (Å²) in [4.78, 5) is 2.20. The second-order valence-electron chi connectivity index (χ2n) is 5.68. The molecule has 0 atom stereocenters. The second-order valence-corrected chi connectivity index (χ2v) is 8.32. The molecule has 4 aromatic heterocycles. The first-order chi connectivity index (χ1) is 12.9. The van der Waals surface area contributed by atoms with Crippen LogP contribution in [0.5, 0.6) is 0 Å². The first kappa shape index (κ1) is 15.7. The van der Waals surface area contributed by atoms with Crippen molar-refractivity contribution in [3.8, 4) is 43.8 Å². The van der Waals surface area contributed by atoms with Gasteiger partial charge in [0.15, 0.2) is 0 Å². The van der Waals surface area contributed by atoms with Gasteiger partial charge in [-0.2, -0.15) is 22.7 Å². The van der Waals surface area contributed by atoms with Crippen molar-refractivity contribution in [2.45, 2.75) is 0 Å². The highest BCUT2D eigenvalue weighted by atomic mass is 32.1. The zero-order valence-electron chi connectivity index (χ0n) is 13.5. The minimum Gasteiger partial charge on any atom is -0.415 e. The highest BCUT2D eigenvalue weighted by molar-refractivity contribution is 7.19. The summed E-state index contributed by atoms with van der Waals surface area (Å²) in [7, 11) is 0.